The largest absolute Gasteiger partial charge is 0.548 e. The summed E-state index contributed by atoms with van der Waals surface area (Å²) in [6.45, 7) is 1.18. The molecule has 0 spiro atoms. The van der Waals surface area contributed by atoms with E-state index in [9.17, 15) is 18.3 Å². The van der Waals surface area contributed by atoms with E-state index in [0.717, 1.165) is 0 Å². The smallest absolute Gasteiger partial charge is 0.241 e. The Morgan fingerprint density at radius 3 is 2.31 bits per heavy atom. The average molecular weight is 263 g/mol. The quantitative estimate of drug-likeness (QED) is 0.811. The summed E-state index contributed by atoms with van der Waals surface area (Å²) in [6, 6.07) is 4.08. The highest BCUT2D eigenvalue weighted by Gasteiger charge is 2.17. The van der Waals surface area contributed by atoms with Gasteiger partial charge in [0.15, 0.2) is 0 Å². The van der Waals surface area contributed by atoms with Gasteiger partial charge in [0.1, 0.15) is 0 Å². The van der Waals surface area contributed by atoms with Gasteiger partial charge in [-0.3, -0.25) is 0 Å². The van der Waals surface area contributed by atoms with E-state index in [4.69, 9.17) is 11.6 Å². The van der Waals surface area contributed by atoms with Crippen molar-refractivity contribution in [1.29, 1.82) is 0 Å². The first-order valence-electron chi connectivity index (χ1n) is 4.31. The molecular formula is C9H9ClNO4S-. The first-order valence-corrected chi connectivity index (χ1v) is 6.18. The summed E-state index contributed by atoms with van der Waals surface area (Å²) in [4.78, 5) is 10.4. The highest BCUT2D eigenvalue weighted by Crippen LogP contribution is 2.13. The third-order valence-electron chi connectivity index (χ3n) is 1.81. The van der Waals surface area contributed by atoms with Gasteiger partial charge in [-0.1, -0.05) is 11.6 Å². The molecule has 1 N–H and O–H groups in total. The van der Waals surface area contributed by atoms with Gasteiger partial charge in [-0.05, 0) is 31.2 Å². The monoisotopic (exact) mass is 262 g/mol. The van der Waals surface area contributed by atoms with Crippen molar-refractivity contribution in [2.45, 2.75) is 17.9 Å². The number of carboxylic acids is 1. The Morgan fingerprint density at radius 1 is 1.38 bits per heavy atom. The van der Waals surface area contributed by atoms with E-state index in [2.05, 4.69) is 0 Å². The van der Waals surface area contributed by atoms with Crippen LogP contribution in [0.1, 0.15) is 6.92 Å². The molecule has 0 unspecified atom stereocenters. The molecule has 0 amide bonds. The van der Waals surface area contributed by atoms with Gasteiger partial charge in [0.25, 0.3) is 0 Å². The lowest BCUT2D eigenvalue weighted by atomic mass is 10.4. The maximum Gasteiger partial charge on any atom is 0.241 e. The fraction of sp³-hybridized carbons (Fsp3) is 0.222. The molecule has 1 atom stereocenters. The van der Waals surface area contributed by atoms with E-state index in [1.165, 1.54) is 31.2 Å². The van der Waals surface area contributed by atoms with E-state index in [0.29, 0.717) is 5.02 Å². The average Bonchev–Trinajstić information content (AvgIpc) is 2.17. The molecule has 0 radical (unpaired) electrons. The minimum absolute atomic E-state index is 0.0509. The van der Waals surface area contributed by atoms with Crippen LogP contribution >= 0.6 is 11.6 Å². The fourth-order valence-electron chi connectivity index (χ4n) is 0.963. The number of aliphatic carboxylic acids is 1. The summed E-state index contributed by atoms with van der Waals surface area (Å²) in [5.74, 6) is -1.49. The van der Waals surface area contributed by atoms with Crippen LogP contribution in [0.5, 0.6) is 0 Å². The van der Waals surface area contributed by atoms with Crippen LogP contribution in [0, 0.1) is 0 Å². The van der Waals surface area contributed by atoms with E-state index in [1.807, 2.05) is 4.72 Å². The van der Waals surface area contributed by atoms with E-state index >= 15 is 0 Å². The van der Waals surface area contributed by atoms with Gasteiger partial charge < -0.3 is 9.90 Å². The molecule has 0 saturated heterocycles. The van der Waals surface area contributed by atoms with Crippen LogP contribution in [-0.2, 0) is 14.8 Å². The Morgan fingerprint density at radius 2 is 1.88 bits per heavy atom. The van der Waals surface area contributed by atoms with Crippen LogP contribution < -0.4 is 9.83 Å². The maximum atomic E-state index is 11.6. The number of carbonyl (C=O) groups excluding carboxylic acids is 1. The summed E-state index contributed by atoms with van der Waals surface area (Å²) >= 11 is 5.60. The molecular weight excluding hydrogens is 254 g/mol. The number of hydrogen-bond acceptors (Lipinski definition) is 4. The van der Waals surface area contributed by atoms with Gasteiger partial charge in [0.05, 0.1) is 16.9 Å². The molecule has 16 heavy (non-hydrogen) atoms. The lowest BCUT2D eigenvalue weighted by Crippen LogP contribution is -2.45. The number of hydrogen-bond donors (Lipinski definition) is 1. The molecule has 0 aliphatic heterocycles. The third-order valence-corrected chi connectivity index (χ3v) is 3.62. The van der Waals surface area contributed by atoms with Crippen LogP contribution in [0.4, 0.5) is 0 Å². The molecule has 0 heterocycles. The fourth-order valence-corrected chi connectivity index (χ4v) is 2.28. The zero-order chi connectivity index (χ0) is 12.3. The van der Waals surface area contributed by atoms with Crippen LogP contribution in [-0.4, -0.2) is 20.4 Å². The molecule has 0 aromatic heterocycles. The van der Waals surface area contributed by atoms with Crippen molar-refractivity contribution in [1.82, 2.24) is 4.72 Å². The van der Waals surface area contributed by atoms with Gasteiger partial charge in [0, 0.05) is 5.02 Å². The Hall–Kier alpha value is -1.11. The second-order valence-corrected chi connectivity index (χ2v) is 5.27. The molecule has 1 aromatic rings. The first kappa shape index (κ1) is 13.0. The maximum absolute atomic E-state index is 11.6. The second kappa shape index (κ2) is 4.82. The zero-order valence-corrected chi connectivity index (χ0v) is 9.88. The van der Waals surface area contributed by atoms with Crippen molar-refractivity contribution >= 4 is 27.6 Å². The van der Waals surface area contributed by atoms with Crippen molar-refractivity contribution in [3.05, 3.63) is 29.3 Å². The molecule has 7 heteroatoms. The summed E-state index contributed by atoms with van der Waals surface area (Å²) < 4.78 is 25.2. The number of carboxylic acid groups (broad SMARTS) is 1. The minimum Gasteiger partial charge on any atom is -0.548 e. The van der Waals surface area contributed by atoms with Crippen molar-refractivity contribution in [3.8, 4) is 0 Å². The van der Waals surface area contributed by atoms with Gasteiger partial charge in [-0.2, -0.15) is 0 Å². The number of halogens is 1. The van der Waals surface area contributed by atoms with Crippen LogP contribution in [0.3, 0.4) is 0 Å². The molecule has 0 bridgehead atoms. The minimum atomic E-state index is -3.85. The Bertz CT molecular complexity index is 483. The number of rotatable bonds is 4. The van der Waals surface area contributed by atoms with Crippen molar-refractivity contribution in [2.24, 2.45) is 0 Å². The number of sulfonamides is 1. The van der Waals surface area contributed by atoms with Crippen molar-refractivity contribution in [3.63, 3.8) is 0 Å². The van der Waals surface area contributed by atoms with Crippen molar-refractivity contribution < 1.29 is 18.3 Å². The highest BCUT2D eigenvalue weighted by molar-refractivity contribution is 7.89. The Balaban J connectivity index is 2.94. The molecule has 0 aliphatic rings. The van der Waals surface area contributed by atoms with Gasteiger partial charge in [-0.25, -0.2) is 13.1 Å². The highest BCUT2D eigenvalue weighted by atomic mass is 35.5. The summed E-state index contributed by atoms with van der Waals surface area (Å²) in [6.07, 6.45) is 0. The topological polar surface area (TPSA) is 86.3 Å². The van der Waals surface area contributed by atoms with E-state index in [1.54, 1.807) is 0 Å². The first-order chi connectivity index (χ1) is 7.33. The van der Waals surface area contributed by atoms with Crippen LogP contribution in [0.25, 0.3) is 0 Å². The lowest BCUT2D eigenvalue weighted by Gasteiger charge is -2.14. The summed E-state index contributed by atoms with van der Waals surface area (Å²) in [7, 11) is -3.85. The van der Waals surface area contributed by atoms with Gasteiger partial charge >= 0.3 is 0 Å². The number of nitrogens with one attached hydrogen (secondary N) is 1. The van der Waals surface area contributed by atoms with Crippen LogP contribution in [0.2, 0.25) is 5.02 Å². The van der Waals surface area contributed by atoms with Crippen molar-refractivity contribution in [2.75, 3.05) is 0 Å². The molecule has 0 aliphatic carbocycles. The Labute approximate surface area is 98.1 Å². The normalized spacial score (nSPS) is 13.4. The van der Waals surface area contributed by atoms with Crippen LogP contribution in [0.15, 0.2) is 29.2 Å². The van der Waals surface area contributed by atoms with Gasteiger partial charge in [-0.15, -0.1) is 0 Å². The number of carbonyl (C=O) groups is 1. The van der Waals surface area contributed by atoms with E-state index < -0.39 is 22.0 Å². The standard InChI is InChI=1S/C9H10ClNO4S/c1-6(9(12)13)11-16(14,15)8-4-2-7(10)3-5-8/h2-6,11H,1H3,(H,12,13)/p-1/t6-/m1/s1. The zero-order valence-electron chi connectivity index (χ0n) is 8.31. The lowest BCUT2D eigenvalue weighted by molar-refractivity contribution is -0.307. The molecule has 5 nitrogen and oxygen atoms in total. The molecule has 1 rings (SSSR count). The molecule has 0 saturated carbocycles. The molecule has 0 fully saturated rings. The molecule has 88 valence electrons. The summed E-state index contributed by atoms with van der Waals surface area (Å²) in [5.41, 5.74) is 0. The predicted octanol–water partition coefficient (Wildman–Crippen LogP) is -0.243. The summed E-state index contributed by atoms with van der Waals surface area (Å²) in [5, 5.41) is 10.8. The second-order valence-electron chi connectivity index (χ2n) is 3.12. The molecule has 1 aromatic carbocycles. The van der Waals surface area contributed by atoms with Gasteiger partial charge in [0.2, 0.25) is 10.0 Å². The third kappa shape index (κ3) is 3.19. The SMILES string of the molecule is C[C@@H](NS(=O)(=O)c1ccc(Cl)cc1)C(=O)[O-]. The Kier molecular flexibility index (Phi) is 3.90. The van der Waals surface area contributed by atoms with E-state index in [-0.39, 0.29) is 4.90 Å². The number of benzene rings is 1. The predicted molar refractivity (Wildman–Crippen MR) is 56.2 cm³/mol.